The van der Waals surface area contributed by atoms with E-state index in [0.29, 0.717) is 19.8 Å². The molecule has 3 nitrogen and oxygen atoms in total. The van der Waals surface area contributed by atoms with Crippen LogP contribution in [0, 0.1) is 11.8 Å². The molecule has 0 aliphatic rings. The van der Waals surface area contributed by atoms with Crippen molar-refractivity contribution in [1.29, 1.82) is 0 Å². The number of ether oxygens (including phenoxy) is 2. The molecule has 0 atom stereocenters. The maximum absolute atomic E-state index is 5.69. The molecule has 3 heteroatoms. The van der Waals surface area contributed by atoms with E-state index in [4.69, 9.17) is 15.2 Å². The molecule has 2 aromatic carbocycles. The lowest BCUT2D eigenvalue weighted by atomic mass is 10.2. The van der Waals surface area contributed by atoms with Gasteiger partial charge in [0.25, 0.3) is 0 Å². The van der Waals surface area contributed by atoms with Gasteiger partial charge in [-0.25, -0.2) is 0 Å². The molecule has 0 unspecified atom stereocenters. The molecule has 0 heterocycles. The van der Waals surface area contributed by atoms with E-state index in [2.05, 4.69) is 11.8 Å². The van der Waals surface area contributed by atoms with Crippen molar-refractivity contribution >= 4 is 0 Å². The van der Waals surface area contributed by atoms with Gasteiger partial charge in [-0.2, -0.15) is 0 Å². The molecule has 0 aliphatic carbocycles. The highest BCUT2D eigenvalue weighted by molar-refractivity contribution is 5.45. The van der Waals surface area contributed by atoms with Crippen LogP contribution in [0.4, 0.5) is 0 Å². The summed E-state index contributed by atoms with van der Waals surface area (Å²) in [5.41, 5.74) is 6.22. The minimum atomic E-state index is 0.339. The molecule has 0 spiro atoms. The van der Waals surface area contributed by atoms with Crippen molar-refractivity contribution in [2.24, 2.45) is 5.73 Å². The summed E-state index contributed by atoms with van der Waals surface area (Å²) in [4.78, 5) is 0. The average molecular weight is 267 g/mol. The van der Waals surface area contributed by atoms with Crippen molar-refractivity contribution in [3.63, 3.8) is 0 Å². The summed E-state index contributed by atoms with van der Waals surface area (Å²) in [5.74, 6) is 7.41. The first-order valence-corrected chi connectivity index (χ1v) is 6.49. The predicted molar refractivity (Wildman–Crippen MR) is 79.8 cm³/mol. The lowest BCUT2D eigenvalue weighted by Crippen LogP contribution is -2.09. The SMILES string of the molecule is NCC#Cc1ccccc1OCCOc1ccccc1. The third-order valence-electron chi connectivity index (χ3n) is 2.57. The fourth-order valence-corrected chi connectivity index (χ4v) is 1.67. The lowest BCUT2D eigenvalue weighted by molar-refractivity contribution is 0.217. The number of benzene rings is 2. The molecule has 2 N–H and O–H groups in total. The summed E-state index contributed by atoms with van der Waals surface area (Å²) in [6.07, 6.45) is 0. The number of rotatable bonds is 5. The molecule has 2 aromatic rings. The summed E-state index contributed by atoms with van der Waals surface area (Å²) in [6.45, 7) is 1.30. The molecule has 0 radical (unpaired) electrons. The van der Waals surface area contributed by atoms with E-state index in [1.54, 1.807) is 0 Å². The third-order valence-corrected chi connectivity index (χ3v) is 2.57. The second kappa shape index (κ2) is 7.88. The summed E-state index contributed by atoms with van der Waals surface area (Å²) >= 11 is 0. The molecule has 0 saturated heterocycles. The Morgan fingerprint density at radius 1 is 0.850 bits per heavy atom. The molecule has 0 amide bonds. The number of hydrogen-bond acceptors (Lipinski definition) is 3. The van der Waals surface area contributed by atoms with Crippen LogP contribution in [0.3, 0.4) is 0 Å². The van der Waals surface area contributed by atoms with Gasteiger partial charge in [-0.3, -0.25) is 0 Å². The largest absolute Gasteiger partial charge is 0.490 e. The van der Waals surface area contributed by atoms with Crippen LogP contribution in [0.1, 0.15) is 5.56 Å². The Balaban J connectivity index is 1.85. The Morgan fingerprint density at radius 2 is 1.55 bits per heavy atom. The average Bonchev–Trinajstić information content (AvgIpc) is 2.51. The van der Waals surface area contributed by atoms with Gasteiger partial charge in [-0.05, 0) is 24.3 Å². The highest BCUT2D eigenvalue weighted by atomic mass is 16.5. The first kappa shape index (κ1) is 14.0. The Kier molecular flexibility index (Phi) is 5.51. The Labute approximate surface area is 119 Å². The van der Waals surface area contributed by atoms with Crippen molar-refractivity contribution in [1.82, 2.24) is 0 Å². The Hall–Kier alpha value is -2.44. The second-order valence-electron chi connectivity index (χ2n) is 4.01. The summed E-state index contributed by atoms with van der Waals surface area (Å²) < 4.78 is 11.3. The Bertz CT molecular complexity index is 585. The zero-order valence-corrected chi connectivity index (χ0v) is 11.2. The van der Waals surface area contributed by atoms with Crippen LogP contribution in [-0.4, -0.2) is 19.8 Å². The van der Waals surface area contributed by atoms with Crippen LogP contribution in [0.15, 0.2) is 54.6 Å². The quantitative estimate of drug-likeness (QED) is 0.668. The van der Waals surface area contributed by atoms with E-state index < -0.39 is 0 Å². The van der Waals surface area contributed by atoms with E-state index in [0.717, 1.165) is 17.1 Å². The summed E-state index contributed by atoms with van der Waals surface area (Å²) in [7, 11) is 0. The van der Waals surface area contributed by atoms with E-state index in [1.807, 2.05) is 54.6 Å². The maximum Gasteiger partial charge on any atom is 0.135 e. The topological polar surface area (TPSA) is 44.5 Å². The van der Waals surface area contributed by atoms with Crippen LogP contribution in [0.25, 0.3) is 0 Å². The van der Waals surface area contributed by atoms with Crippen LogP contribution >= 0.6 is 0 Å². The van der Waals surface area contributed by atoms with Crippen molar-refractivity contribution in [3.05, 3.63) is 60.2 Å². The summed E-state index contributed by atoms with van der Waals surface area (Å²) in [6, 6.07) is 17.3. The smallest absolute Gasteiger partial charge is 0.135 e. The van der Waals surface area contributed by atoms with E-state index in [-0.39, 0.29) is 0 Å². The first-order valence-electron chi connectivity index (χ1n) is 6.49. The zero-order valence-electron chi connectivity index (χ0n) is 11.2. The third kappa shape index (κ3) is 4.34. The van der Waals surface area contributed by atoms with Gasteiger partial charge >= 0.3 is 0 Å². The monoisotopic (exact) mass is 267 g/mol. The van der Waals surface area contributed by atoms with Crippen LogP contribution in [-0.2, 0) is 0 Å². The van der Waals surface area contributed by atoms with Crippen molar-refractivity contribution < 1.29 is 9.47 Å². The molecule has 102 valence electrons. The lowest BCUT2D eigenvalue weighted by Gasteiger charge is -2.09. The molecule has 0 bridgehead atoms. The standard InChI is InChI=1S/C17H17NO2/c18-12-6-8-15-7-4-5-11-17(15)20-14-13-19-16-9-2-1-3-10-16/h1-5,7,9-11H,12-14,18H2. The van der Waals surface area contributed by atoms with Gasteiger partial charge in [-0.1, -0.05) is 42.2 Å². The molecule has 0 aromatic heterocycles. The highest BCUT2D eigenvalue weighted by Gasteiger charge is 2.00. The minimum Gasteiger partial charge on any atom is -0.490 e. The van der Waals surface area contributed by atoms with Crippen molar-refractivity contribution in [2.75, 3.05) is 19.8 Å². The Morgan fingerprint density at radius 3 is 2.35 bits per heavy atom. The van der Waals surface area contributed by atoms with Gasteiger partial charge in [-0.15, -0.1) is 0 Å². The van der Waals surface area contributed by atoms with Gasteiger partial charge < -0.3 is 15.2 Å². The number of nitrogens with two attached hydrogens (primary N) is 1. The van der Waals surface area contributed by atoms with Gasteiger partial charge in [0.1, 0.15) is 24.7 Å². The molecule has 0 saturated carbocycles. The molecular weight excluding hydrogens is 250 g/mol. The number of hydrogen-bond donors (Lipinski definition) is 1. The van der Waals surface area contributed by atoms with Crippen molar-refractivity contribution in [2.45, 2.75) is 0 Å². The van der Waals surface area contributed by atoms with E-state index in [1.165, 1.54) is 0 Å². The van der Waals surface area contributed by atoms with Crippen LogP contribution in [0.5, 0.6) is 11.5 Å². The maximum atomic E-state index is 5.69. The molecule has 0 aliphatic heterocycles. The second-order valence-corrected chi connectivity index (χ2v) is 4.01. The van der Waals surface area contributed by atoms with E-state index >= 15 is 0 Å². The van der Waals surface area contributed by atoms with Crippen LogP contribution < -0.4 is 15.2 Å². The van der Waals surface area contributed by atoms with Gasteiger partial charge in [0.2, 0.25) is 0 Å². The fraction of sp³-hybridized carbons (Fsp3) is 0.176. The minimum absolute atomic E-state index is 0.339. The first-order chi connectivity index (χ1) is 9.90. The van der Waals surface area contributed by atoms with Gasteiger partial charge in [0.15, 0.2) is 0 Å². The molecule has 2 rings (SSSR count). The van der Waals surface area contributed by atoms with Gasteiger partial charge in [0, 0.05) is 0 Å². The molecule has 0 fully saturated rings. The predicted octanol–water partition coefficient (Wildman–Crippen LogP) is 2.45. The number of para-hydroxylation sites is 2. The summed E-state index contributed by atoms with van der Waals surface area (Å²) in [5, 5.41) is 0. The zero-order chi connectivity index (χ0) is 14.0. The van der Waals surface area contributed by atoms with Crippen molar-refractivity contribution in [3.8, 4) is 23.3 Å². The van der Waals surface area contributed by atoms with Gasteiger partial charge in [0.05, 0.1) is 12.1 Å². The molecule has 20 heavy (non-hydrogen) atoms. The normalized spacial score (nSPS) is 9.45. The fourth-order valence-electron chi connectivity index (χ4n) is 1.67. The van der Waals surface area contributed by atoms with Crippen LogP contribution in [0.2, 0.25) is 0 Å². The van der Waals surface area contributed by atoms with E-state index in [9.17, 15) is 0 Å². The molecular formula is C17H17NO2. The highest BCUT2D eigenvalue weighted by Crippen LogP contribution is 2.16.